The summed E-state index contributed by atoms with van der Waals surface area (Å²) in [5.74, 6) is 0. The van der Waals surface area contributed by atoms with Gasteiger partial charge in [0.25, 0.3) is 0 Å². The molecule has 2 aliphatic heterocycles. The molecule has 128 valence electrons. The van der Waals surface area contributed by atoms with Gasteiger partial charge < -0.3 is 4.57 Å². The number of hydrogen-bond acceptors (Lipinski definition) is 3. The summed E-state index contributed by atoms with van der Waals surface area (Å²) in [6.45, 7) is 8.05. The van der Waals surface area contributed by atoms with Gasteiger partial charge in [-0.25, -0.2) is 4.98 Å². The van der Waals surface area contributed by atoms with Crippen molar-refractivity contribution in [1.82, 2.24) is 19.4 Å². The molecule has 2 aromatic rings. The number of aromatic nitrogens is 2. The molecule has 1 atom stereocenters. The van der Waals surface area contributed by atoms with E-state index >= 15 is 0 Å². The highest BCUT2D eigenvalue weighted by molar-refractivity contribution is 5.16. The summed E-state index contributed by atoms with van der Waals surface area (Å²) in [6, 6.07) is 12.2. The highest BCUT2D eigenvalue weighted by Crippen LogP contribution is 2.25. The minimum absolute atomic E-state index is 0.769. The van der Waals surface area contributed by atoms with Crippen molar-refractivity contribution >= 4 is 0 Å². The molecule has 4 rings (SSSR count). The summed E-state index contributed by atoms with van der Waals surface area (Å²) in [5, 5.41) is 0. The van der Waals surface area contributed by atoms with Gasteiger partial charge in [0.15, 0.2) is 0 Å². The minimum Gasteiger partial charge on any atom is -0.329 e. The van der Waals surface area contributed by atoms with Gasteiger partial charge in [-0.15, -0.1) is 0 Å². The van der Waals surface area contributed by atoms with Gasteiger partial charge in [-0.05, 0) is 31.9 Å². The molecule has 2 aliphatic rings. The summed E-state index contributed by atoms with van der Waals surface area (Å²) >= 11 is 0. The first-order chi connectivity index (χ1) is 11.8. The van der Waals surface area contributed by atoms with E-state index in [0.717, 1.165) is 25.2 Å². The molecule has 4 nitrogen and oxygen atoms in total. The van der Waals surface area contributed by atoms with Gasteiger partial charge in [0, 0.05) is 44.5 Å². The molecule has 0 saturated carbocycles. The zero-order chi connectivity index (χ0) is 16.4. The Hall–Kier alpha value is -1.65. The summed E-state index contributed by atoms with van der Waals surface area (Å²) in [7, 11) is 0. The summed E-state index contributed by atoms with van der Waals surface area (Å²) < 4.78 is 2.28. The second-order valence-corrected chi connectivity index (χ2v) is 7.43. The number of piperidine rings is 1. The Morgan fingerprint density at radius 3 is 2.71 bits per heavy atom. The van der Waals surface area contributed by atoms with Crippen LogP contribution in [-0.4, -0.2) is 51.1 Å². The Morgan fingerprint density at radius 2 is 1.92 bits per heavy atom. The van der Waals surface area contributed by atoms with Crippen molar-refractivity contribution in [3.63, 3.8) is 0 Å². The molecule has 0 aliphatic carbocycles. The topological polar surface area (TPSA) is 24.3 Å². The van der Waals surface area contributed by atoms with Crippen LogP contribution in [0.5, 0.6) is 0 Å². The highest BCUT2D eigenvalue weighted by atomic mass is 15.3. The summed E-state index contributed by atoms with van der Waals surface area (Å²) in [4.78, 5) is 9.67. The molecule has 0 bridgehead atoms. The number of rotatable bonds is 5. The third-order valence-electron chi connectivity index (χ3n) is 5.64. The van der Waals surface area contributed by atoms with E-state index in [2.05, 4.69) is 56.6 Å². The maximum absolute atomic E-state index is 4.38. The molecule has 0 amide bonds. The number of likely N-dealkylation sites (tertiary alicyclic amines) is 2. The fourth-order valence-corrected chi connectivity index (χ4v) is 4.18. The van der Waals surface area contributed by atoms with Crippen LogP contribution < -0.4 is 0 Å². The second-order valence-electron chi connectivity index (χ2n) is 7.43. The lowest BCUT2D eigenvalue weighted by Crippen LogP contribution is -2.61. The van der Waals surface area contributed by atoms with Crippen molar-refractivity contribution in [2.24, 2.45) is 0 Å². The molecule has 1 aromatic carbocycles. The molecular weight excluding hydrogens is 296 g/mol. The lowest BCUT2D eigenvalue weighted by Gasteiger charge is -2.49. The molecule has 4 heteroatoms. The van der Waals surface area contributed by atoms with Crippen molar-refractivity contribution in [2.75, 3.05) is 19.6 Å². The van der Waals surface area contributed by atoms with Crippen LogP contribution in [0.15, 0.2) is 42.9 Å². The first-order valence-electron chi connectivity index (χ1n) is 9.30. The van der Waals surface area contributed by atoms with Crippen LogP contribution in [0.2, 0.25) is 0 Å². The predicted molar refractivity (Wildman–Crippen MR) is 96.9 cm³/mol. The van der Waals surface area contributed by atoms with Crippen molar-refractivity contribution < 1.29 is 0 Å². The van der Waals surface area contributed by atoms with Crippen LogP contribution in [0.25, 0.3) is 0 Å². The molecule has 1 aromatic heterocycles. The molecule has 0 radical (unpaired) electrons. The largest absolute Gasteiger partial charge is 0.329 e. The molecular formula is C20H28N4. The van der Waals surface area contributed by atoms with Crippen LogP contribution in [0.4, 0.5) is 0 Å². The van der Waals surface area contributed by atoms with Crippen LogP contribution in [0.1, 0.15) is 37.4 Å². The van der Waals surface area contributed by atoms with Crippen molar-refractivity contribution in [1.29, 1.82) is 0 Å². The average Bonchev–Trinajstić information content (AvgIpc) is 2.99. The van der Waals surface area contributed by atoms with Crippen LogP contribution >= 0.6 is 0 Å². The molecule has 2 saturated heterocycles. The predicted octanol–water partition coefficient (Wildman–Crippen LogP) is 2.99. The van der Waals surface area contributed by atoms with E-state index in [9.17, 15) is 0 Å². The van der Waals surface area contributed by atoms with E-state index < -0.39 is 0 Å². The third-order valence-corrected chi connectivity index (χ3v) is 5.64. The monoisotopic (exact) mass is 324 g/mol. The van der Waals surface area contributed by atoms with E-state index in [1.165, 1.54) is 50.2 Å². The number of benzene rings is 1. The summed E-state index contributed by atoms with van der Waals surface area (Å²) in [6.07, 6.45) is 8.16. The van der Waals surface area contributed by atoms with Crippen molar-refractivity contribution in [3.8, 4) is 0 Å². The average molecular weight is 324 g/mol. The Labute approximate surface area is 145 Å². The van der Waals surface area contributed by atoms with Gasteiger partial charge in [0.05, 0.1) is 12.0 Å². The van der Waals surface area contributed by atoms with Gasteiger partial charge >= 0.3 is 0 Å². The van der Waals surface area contributed by atoms with Gasteiger partial charge in [-0.2, -0.15) is 0 Å². The fraction of sp³-hybridized carbons (Fsp3) is 0.550. The van der Waals surface area contributed by atoms with E-state index in [0.29, 0.717) is 0 Å². The van der Waals surface area contributed by atoms with Gasteiger partial charge in [-0.1, -0.05) is 36.8 Å². The van der Waals surface area contributed by atoms with Crippen LogP contribution in [0, 0.1) is 0 Å². The standard InChI is InChI=1S/C20H28N4/c1-17-7-5-6-10-24(17)20-14-22(15-20)13-19-11-21-16-23(19)12-18-8-3-2-4-9-18/h2-4,8-9,11,16-17,20H,5-7,10,12-15H2,1H3/t17-/m0/s1. The Balaban J connectivity index is 1.32. The quantitative estimate of drug-likeness (QED) is 0.845. The van der Waals surface area contributed by atoms with Gasteiger partial charge in [0.2, 0.25) is 0 Å². The fourth-order valence-electron chi connectivity index (χ4n) is 4.18. The maximum atomic E-state index is 4.38. The normalized spacial score (nSPS) is 23.3. The number of nitrogens with zero attached hydrogens (tertiary/aromatic N) is 4. The molecule has 0 spiro atoms. The molecule has 3 heterocycles. The van der Waals surface area contributed by atoms with Crippen molar-refractivity contribution in [3.05, 3.63) is 54.1 Å². The molecule has 0 unspecified atom stereocenters. The van der Waals surface area contributed by atoms with Crippen LogP contribution in [0.3, 0.4) is 0 Å². The van der Waals surface area contributed by atoms with E-state index in [1.807, 2.05) is 12.5 Å². The Bertz CT molecular complexity index is 645. The first-order valence-corrected chi connectivity index (χ1v) is 9.30. The molecule has 24 heavy (non-hydrogen) atoms. The maximum Gasteiger partial charge on any atom is 0.0951 e. The molecule has 2 fully saturated rings. The van der Waals surface area contributed by atoms with E-state index in [4.69, 9.17) is 0 Å². The third kappa shape index (κ3) is 3.40. The highest BCUT2D eigenvalue weighted by Gasteiger charge is 2.35. The van der Waals surface area contributed by atoms with E-state index in [1.54, 1.807) is 0 Å². The van der Waals surface area contributed by atoms with Crippen molar-refractivity contribution in [2.45, 2.75) is 51.4 Å². The zero-order valence-corrected chi connectivity index (χ0v) is 14.6. The summed E-state index contributed by atoms with van der Waals surface area (Å²) in [5.41, 5.74) is 2.66. The lowest BCUT2D eigenvalue weighted by atomic mass is 9.97. The smallest absolute Gasteiger partial charge is 0.0951 e. The van der Waals surface area contributed by atoms with Gasteiger partial charge in [0.1, 0.15) is 0 Å². The number of imidazole rings is 1. The Morgan fingerprint density at radius 1 is 1.08 bits per heavy atom. The minimum atomic E-state index is 0.769. The Kier molecular flexibility index (Phi) is 4.67. The molecule has 0 N–H and O–H groups in total. The van der Waals surface area contributed by atoms with Crippen LogP contribution in [-0.2, 0) is 13.1 Å². The SMILES string of the molecule is C[C@H]1CCCCN1C1CN(Cc2cncn2Cc2ccccc2)C1. The first kappa shape index (κ1) is 15.9. The number of hydrogen-bond donors (Lipinski definition) is 0. The lowest BCUT2D eigenvalue weighted by molar-refractivity contribution is -0.00714. The zero-order valence-electron chi connectivity index (χ0n) is 14.6. The second kappa shape index (κ2) is 7.08. The van der Waals surface area contributed by atoms with Gasteiger partial charge in [-0.3, -0.25) is 9.80 Å². The van der Waals surface area contributed by atoms with E-state index in [-0.39, 0.29) is 0 Å².